The number of thioether (sulfide) groups is 1. The van der Waals surface area contributed by atoms with E-state index in [1.807, 2.05) is 0 Å². The Bertz CT molecular complexity index is 409. The lowest BCUT2D eigenvalue weighted by Crippen LogP contribution is -2.15. The van der Waals surface area contributed by atoms with Crippen molar-refractivity contribution in [3.05, 3.63) is 28.2 Å². The van der Waals surface area contributed by atoms with E-state index in [-0.39, 0.29) is 5.91 Å². The quantitative estimate of drug-likeness (QED) is 0.754. The fourth-order valence-electron chi connectivity index (χ4n) is 1.34. The molecule has 0 aliphatic carbocycles. The number of hydrogen-bond acceptors (Lipinski definition) is 3. The number of halogens is 2. The highest BCUT2D eigenvalue weighted by Crippen LogP contribution is 2.29. The van der Waals surface area contributed by atoms with Crippen molar-refractivity contribution < 1.29 is 4.79 Å². The highest BCUT2D eigenvalue weighted by atomic mass is 35.5. The number of benzene rings is 1. The second-order valence-electron chi connectivity index (χ2n) is 4.31. The van der Waals surface area contributed by atoms with Gasteiger partial charge in [0, 0.05) is 12.2 Å². The van der Waals surface area contributed by atoms with Crippen LogP contribution in [0.4, 0.5) is 5.69 Å². The first-order valence-corrected chi connectivity index (χ1v) is 7.97. The van der Waals surface area contributed by atoms with Gasteiger partial charge in [-0.05, 0) is 30.3 Å². The zero-order valence-corrected chi connectivity index (χ0v) is 13.1. The molecular formula is C13H18Cl2N2OS. The van der Waals surface area contributed by atoms with Gasteiger partial charge in [0.25, 0.3) is 0 Å². The predicted octanol–water partition coefficient (Wildman–Crippen LogP) is 3.65. The number of carbonyl (C=O) groups is 1. The monoisotopic (exact) mass is 320 g/mol. The number of anilines is 1. The molecule has 1 aromatic carbocycles. The molecule has 1 atom stereocenters. The Kier molecular flexibility index (Phi) is 7.61. The molecule has 19 heavy (non-hydrogen) atoms. The maximum Gasteiger partial charge on any atom is 0.225 e. The molecule has 0 aliphatic rings. The molecule has 3 nitrogen and oxygen atoms in total. The SMILES string of the molecule is CC(CN)CSCCC(=O)Nc1c(Cl)cccc1Cl. The molecule has 0 radical (unpaired) electrons. The Morgan fingerprint density at radius 3 is 2.63 bits per heavy atom. The van der Waals surface area contributed by atoms with E-state index in [9.17, 15) is 4.79 Å². The Labute approximate surface area is 128 Å². The van der Waals surface area contributed by atoms with Gasteiger partial charge in [-0.25, -0.2) is 0 Å². The zero-order valence-electron chi connectivity index (χ0n) is 10.8. The van der Waals surface area contributed by atoms with Crippen LogP contribution in [-0.4, -0.2) is 24.0 Å². The molecule has 1 aromatic rings. The van der Waals surface area contributed by atoms with Crippen LogP contribution in [0.1, 0.15) is 13.3 Å². The topological polar surface area (TPSA) is 55.1 Å². The molecule has 0 fully saturated rings. The predicted molar refractivity (Wildman–Crippen MR) is 85.3 cm³/mol. The van der Waals surface area contributed by atoms with Gasteiger partial charge < -0.3 is 11.1 Å². The van der Waals surface area contributed by atoms with Gasteiger partial charge in [-0.2, -0.15) is 11.8 Å². The molecule has 106 valence electrons. The molecule has 0 saturated carbocycles. The molecule has 1 unspecified atom stereocenters. The van der Waals surface area contributed by atoms with Crippen LogP contribution in [0.2, 0.25) is 10.0 Å². The van der Waals surface area contributed by atoms with Crippen LogP contribution < -0.4 is 11.1 Å². The van der Waals surface area contributed by atoms with E-state index in [0.717, 1.165) is 11.5 Å². The minimum absolute atomic E-state index is 0.0806. The Morgan fingerprint density at radius 1 is 1.42 bits per heavy atom. The number of nitrogens with two attached hydrogens (primary N) is 1. The zero-order chi connectivity index (χ0) is 14.3. The van der Waals surface area contributed by atoms with E-state index in [4.69, 9.17) is 28.9 Å². The molecule has 0 aliphatic heterocycles. The van der Waals surface area contributed by atoms with Crippen molar-refractivity contribution in [3.63, 3.8) is 0 Å². The van der Waals surface area contributed by atoms with E-state index in [1.165, 1.54) is 0 Å². The summed E-state index contributed by atoms with van der Waals surface area (Å²) in [5.74, 6) is 2.13. The highest BCUT2D eigenvalue weighted by Gasteiger charge is 2.09. The second-order valence-corrected chi connectivity index (χ2v) is 6.27. The van der Waals surface area contributed by atoms with E-state index in [2.05, 4.69) is 12.2 Å². The molecule has 0 heterocycles. The first kappa shape index (κ1) is 16.6. The van der Waals surface area contributed by atoms with E-state index in [0.29, 0.717) is 34.6 Å². The lowest BCUT2D eigenvalue weighted by Gasteiger charge is -2.10. The van der Waals surface area contributed by atoms with Crippen molar-refractivity contribution in [1.82, 2.24) is 0 Å². The average molecular weight is 321 g/mol. The lowest BCUT2D eigenvalue weighted by atomic mass is 10.2. The maximum absolute atomic E-state index is 11.8. The van der Waals surface area contributed by atoms with Gasteiger partial charge in [-0.3, -0.25) is 4.79 Å². The Balaban J connectivity index is 2.35. The van der Waals surface area contributed by atoms with Gasteiger partial charge in [-0.15, -0.1) is 0 Å². The lowest BCUT2D eigenvalue weighted by molar-refractivity contribution is -0.115. The molecule has 0 bridgehead atoms. The second kappa shape index (κ2) is 8.69. The highest BCUT2D eigenvalue weighted by molar-refractivity contribution is 7.99. The minimum Gasteiger partial charge on any atom is -0.330 e. The van der Waals surface area contributed by atoms with Crippen molar-refractivity contribution in [2.24, 2.45) is 11.7 Å². The van der Waals surface area contributed by atoms with Gasteiger partial charge >= 0.3 is 0 Å². The fourth-order valence-corrected chi connectivity index (χ4v) is 2.86. The van der Waals surface area contributed by atoms with Crippen molar-refractivity contribution in [2.75, 3.05) is 23.4 Å². The van der Waals surface area contributed by atoms with Crippen LogP contribution in [0, 0.1) is 5.92 Å². The molecule has 3 N–H and O–H groups in total. The van der Waals surface area contributed by atoms with Gasteiger partial charge in [0.15, 0.2) is 0 Å². The third-order valence-electron chi connectivity index (χ3n) is 2.51. The van der Waals surface area contributed by atoms with Gasteiger partial charge in [-0.1, -0.05) is 36.2 Å². The molecule has 1 rings (SSSR count). The van der Waals surface area contributed by atoms with Crippen LogP contribution in [0.15, 0.2) is 18.2 Å². The standard InChI is InChI=1S/C13H18Cl2N2OS/c1-9(7-16)8-19-6-5-12(18)17-13-10(14)3-2-4-11(13)15/h2-4,9H,5-8,16H2,1H3,(H,17,18). The van der Waals surface area contributed by atoms with Crippen LogP contribution in [-0.2, 0) is 4.79 Å². The fraction of sp³-hybridized carbons (Fsp3) is 0.462. The molecule has 0 aromatic heterocycles. The molecule has 0 saturated heterocycles. The van der Waals surface area contributed by atoms with Crippen molar-refractivity contribution in [1.29, 1.82) is 0 Å². The number of hydrogen-bond donors (Lipinski definition) is 2. The normalized spacial score (nSPS) is 12.2. The summed E-state index contributed by atoms with van der Waals surface area (Å²) < 4.78 is 0. The number of carbonyl (C=O) groups excluding carboxylic acids is 1. The summed E-state index contributed by atoms with van der Waals surface area (Å²) in [7, 11) is 0. The maximum atomic E-state index is 11.8. The van der Waals surface area contributed by atoms with Crippen LogP contribution in [0.5, 0.6) is 0 Å². The summed E-state index contributed by atoms with van der Waals surface area (Å²) in [6, 6.07) is 5.13. The number of para-hydroxylation sites is 1. The van der Waals surface area contributed by atoms with Crippen LogP contribution in [0.3, 0.4) is 0 Å². The summed E-state index contributed by atoms with van der Waals surface area (Å²) >= 11 is 13.7. The third kappa shape index (κ3) is 6.04. The van der Waals surface area contributed by atoms with Crippen molar-refractivity contribution >= 4 is 46.6 Å². The Morgan fingerprint density at radius 2 is 2.05 bits per heavy atom. The molecule has 1 amide bonds. The van der Waals surface area contributed by atoms with E-state index >= 15 is 0 Å². The smallest absolute Gasteiger partial charge is 0.225 e. The summed E-state index contributed by atoms with van der Waals surface area (Å²) in [4.78, 5) is 11.8. The summed E-state index contributed by atoms with van der Waals surface area (Å²) in [6.07, 6.45) is 0.434. The van der Waals surface area contributed by atoms with Gasteiger partial charge in [0.1, 0.15) is 0 Å². The van der Waals surface area contributed by atoms with Crippen molar-refractivity contribution in [2.45, 2.75) is 13.3 Å². The first-order chi connectivity index (χ1) is 9.04. The Hall–Kier alpha value is -0.420. The van der Waals surface area contributed by atoms with Gasteiger partial charge in [0.05, 0.1) is 15.7 Å². The third-order valence-corrected chi connectivity index (χ3v) is 4.43. The summed E-state index contributed by atoms with van der Waals surface area (Å²) in [6.45, 7) is 2.77. The first-order valence-electron chi connectivity index (χ1n) is 6.06. The summed E-state index contributed by atoms with van der Waals surface area (Å²) in [5.41, 5.74) is 6.01. The number of rotatable bonds is 7. The van der Waals surface area contributed by atoms with E-state index in [1.54, 1.807) is 30.0 Å². The number of nitrogens with one attached hydrogen (secondary N) is 1. The summed E-state index contributed by atoms with van der Waals surface area (Å²) in [5, 5.41) is 3.64. The van der Waals surface area contributed by atoms with Gasteiger partial charge in [0.2, 0.25) is 5.91 Å². The minimum atomic E-state index is -0.0806. The van der Waals surface area contributed by atoms with E-state index < -0.39 is 0 Å². The largest absolute Gasteiger partial charge is 0.330 e. The molecule has 0 spiro atoms. The average Bonchev–Trinajstić information content (AvgIpc) is 2.39. The molecule has 6 heteroatoms. The van der Waals surface area contributed by atoms with Crippen LogP contribution in [0.25, 0.3) is 0 Å². The molecular weight excluding hydrogens is 303 g/mol. The van der Waals surface area contributed by atoms with Crippen LogP contribution >= 0.6 is 35.0 Å². The number of amides is 1. The van der Waals surface area contributed by atoms with Crippen molar-refractivity contribution in [3.8, 4) is 0 Å².